The normalized spacial score (nSPS) is 19.6. The number of rotatable bonds is 9. The number of benzene rings is 1. The van der Waals surface area contributed by atoms with Crippen LogP contribution < -0.4 is 16.0 Å². The molecular weight excluding hydrogens is 460 g/mol. The van der Waals surface area contributed by atoms with Crippen LogP contribution in [-0.4, -0.2) is 38.5 Å². The molecule has 1 aliphatic rings. The number of carbonyl (C=O) groups excluding carboxylic acids is 1. The zero-order chi connectivity index (χ0) is 25.9. The molecule has 0 saturated heterocycles. The van der Waals surface area contributed by atoms with Gasteiger partial charge in [-0.15, -0.1) is 0 Å². The molecule has 0 bridgehead atoms. The molecule has 0 heterocycles. The first kappa shape index (κ1) is 30.0. The second-order valence-electron chi connectivity index (χ2n) is 8.54. The number of alkyl halides is 6. The number of nitrogens with one attached hydrogen (secondary N) is 3. The van der Waals surface area contributed by atoms with Crippen molar-refractivity contribution in [3.8, 4) is 0 Å². The van der Waals surface area contributed by atoms with Gasteiger partial charge in [-0.25, -0.2) is 0 Å². The van der Waals surface area contributed by atoms with Crippen LogP contribution >= 0.6 is 0 Å². The molecule has 1 fully saturated rings. The zero-order valence-electron chi connectivity index (χ0n) is 19.9. The monoisotopic (exact) mass is 495 g/mol. The lowest BCUT2D eigenvalue weighted by Crippen LogP contribution is -2.36. The van der Waals surface area contributed by atoms with Gasteiger partial charge >= 0.3 is 12.4 Å². The molecule has 1 aromatic rings. The summed E-state index contributed by atoms with van der Waals surface area (Å²) in [5, 5.41) is 9.10. The van der Waals surface area contributed by atoms with Crippen LogP contribution in [0.15, 0.2) is 24.8 Å². The predicted molar refractivity (Wildman–Crippen MR) is 122 cm³/mol. The Kier molecular flexibility index (Phi) is 12.1. The Morgan fingerprint density at radius 3 is 1.97 bits per heavy atom. The molecule has 10 heteroatoms. The van der Waals surface area contributed by atoms with Gasteiger partial charge in [0.25, 0.3) is 0 Å². The van der Waals surface area contributed by atoms with Gasteiger partial charge in [0.2, 0.25) is 0 Å². The van der Waals surface area contributed by atoms with E-state index in [1.807, 2.05) is 7.05 Å². The molecule has 1 aromatic carbocycles. The molecule has 2 rings (SSSR count). The van der Waals surface area contributed by atoms with E-state index in [4.69, 9.17) is 0 Å². The van der Waals surface area contributed by atoms with Crippen molar-refractivity contribution in [2.24, 2.45) is 5.92 Å². The molecule has 1 unspecified atom stereocenters. The predicted octanol–water partition coefficient (Wildman–Crippen LogP) is 5.64. The molecule has 194 valence electrons. The highest BCUT2D eigenvalue weighted by Gasteiger charge is 2.37. The molecule has 3 N–H and O–H groups in total. The van der Waals surface area contributed by atoms with Crippen LogP contribution in [-0.2, 0) is 17.1 Å². The van der Waals surface area contributed by atoms with E-state index in [0.29, 0.717) is 31.3 Å². The first-order chi connectivity index (χ1) is 15.8. The van der Waals surface area contributed by atoms with Gasteiger partial charge in [0.15, 0.2) is 0 Å². The lowest BCUT2D eigenvalue weighted by atomic mass is 9.86. The minimum atomic E-state index is -4.89. The fraction of sp³-hybridized carbons (Fsp3) is 0.625. The first-order valence-corrected chi connectivity index (χ1v) is 11.4. The van der Waals surface area contributed by atoms with Crippen LogP contribution in [0.5, 0.6) is 0 Å². The summed E-state index contributed by atoms with van der Waals surface area (Å²) in [5.41, 5.74) is -2.93. The topological polar surface area (TPSA) is 53.2 Å². The van der Waals surface area contributed by atoms with E-state index < -0.39 is 23.5 Å². The standard InChI is InChI=1S/C19H22F6N2O.C5H13N/c1-12(27-11-13-2-4-17(5-3-13)26-6-7-28)14-8-15(18(20,21)22)10-16(9-14)19(23,24)25;1-4-5(2)6-3/h7-10,13,17,26-27H,1-6,11H2;5-6H,4H2,1-3H3. The van der Waals surface area contributed by atoms with Crippen molar-refractivity contribution in [1.82, 2.24) is 16.0 Å². The van der Waals surface area contributed by atoms with Gasteiger partial charge in [0.05, 0.1) is 17.7 Å². The summed E-state index contributed by atoms with van der Waals surface area (Å²) in [7, 11) is 1.98. The van der Waals surface area contributed by atoms with Crippen molar-refractivity contribution in [3.05, 3.63) is 41.5 Å². The van der Waals surface area contributed by atoms with Crippen molar-refractivity contribution >= 4 is 12.0 Å². The van der Waals surface area contributed by atoms with E-state index in [-0.39, 0.29) is 29.3 Å². The Morgan fingerprint density at radius 2 is 1.59 bits per heavy atom. The van der Waals surface area contributed by atoms with E-state index in [2.05, 4.69) is 36.4 Å². The van der Waals surface area contributed by atoms with Crippen molar-refractivity contribution in [1.29, 1.82) is 0 Å². The van der Waals surface area contributed by atoms with E-state index >= 15 is 0 Å². The van der Waals surface area contributed by atoms with Crippen molar-refractivity contribution in [3.63, 3.8) is 0 Å². The Balaban J connectivity index is 0.000000852. The molecule has 0 amide bonds. The highest BCUT2D eigenvalue weighted by Crippen LogP contribution is 2.37. The van der Waals surface area contributed by atoms with Crippen molar-refractivity contribution in [2.45, 2.75) is 70.4 Å². The maximum absolute atomic E-state index is 13.0. The second kappa shape index (κ2) is 13.7. The Morgan fingerprint density at radius 1 is 1.06 bits per heavy atom. The summed E-state index contributed by atoms with van der Waals surface area (Å²) in [4.78, 5) is 10.4. The molecule has 0 aromatic heterocycles. The van der Waals surface area contributed by atoms with Crippen LogP contribution in [0.25, 0.3) is 5.70 Å². The average molecular weight is 496 g/mol. The van der Waals surface area contributed by atoms with Crippen LogP contribution in [0.4, 0.5) is 26.3 Å². The van der Waals surface area contributed by atoms with Gasteiger partial charge in [0.1, 0.15) is 6.29 Å². The Hall–Kier alpha value is -2.07. The lowest BCUT2D eigenvalue weighted by Gasteiger charge is -2.29. The molecule has 1 saturated carbocycles. The van der Waals surface area contributed by atoms with E-state index in [1.54, 1.807) is 0 Å². The molecule has 1 atom stereocenters. The third-order valence-electron chi connectivity index (χ3n) is 5.98. The van der Waals surface area contributed by atoms with Crippen LogP contribution in [0, 0.1) is 5.92 Å². The fourth-order valence-corrected chi connectivity index (χ4v) is 3.49. The largest absolute Gasteiger partial charge is 0.416 e. The van der Waals surface area contributed by atoms with Crippen molar-refractivity contribution in [2.75, 3.05) is 20.1 Å². The molecule has 0 aliphatic heterocycles. The quantitative estimate of drug-likeness (QED) is 0.307. The number of carbonyl (C=O) groups is 1. The number of aldehydes is 1. The summed E-state index contributed by atoms with van der Waals surface area (Å²) in [6.45, 7) is 8.66. The highest BCUT2D eigenvalue weighted by atomic mass is 19.4. The SMILES string of the molecule is C=C(NCC1CCC(NCC=O)CC1)c1cc(C(F)(F)F)cc(C(F)(F)F)c1.CCC(C)NC. The fourth-order valence-electron chi connectivity index (χ4n) is 3.49. The smallest absolute Gasteiger partial charge is 0.385 e. The average Bonchev–Trinajstić information content (AvgIpc) is 2.80. The van der Waals surface area contributed by atoms with Crippen LogP contribution in [0.1, 0.15) is 62.6 Å². The van der Waals surface area contributed by atoms with Crippen LogP contribution in [0.3, 0.4) is 0 Å². The van der Waals surface area contributed by atoms with Gasteiger partial charge in [-0.3, -0.25) is 0 Å². The summed E-state index contributed by atoms with van der Waals surface area (Å²) >= 11 is 0. The Labute approximate surface area is 197 Å². The minimum Gasteiger partial charge on any atom is -0.385 e. The summed E-state index contributed by atoms with van der Waals surface area (Å²) in [6, 6.07) is 2.38. The minimum absolute atomic E-state index is 0.0257. The van der Waals surface area contributed by atoms with Crippen molar-refractivity contribution < 1.29 is 31.1 Å². The second-order valence-corrected chi connectivity index (χ2v) is 8.54. The van der Waals surface area contributed by atoms with E-state index in [0.717, 1.165) is 32.0 Å². The summed E-state index contributed by atoms with van der Waals surface area (Å²) in [5.74, 6) is 0.235. The lowest BCUT2D eigenvalue weighted by molar-refractivity contribution is -0.143. The van der Waals surface area contributed by atoms with Gasteiger partial charge in [-0.2, -0.15) is 26.3 Å². The molecule has 34 heavy (non-hydrogen) atoms. The maximum atomic E-state index is 13.0. The van der Waals surface area contributed by atoms with Gasteiger partial charge in [-0.05, 0) is 75.8 Å². The summed E-state index contributed by atoms with van der Waals surface area (Å²) in [6.07, 6.45) is -4.37. The highest BCUT2D eigenvalue weighted by molar-refractivity contribution is 5.63. The molecule has 0 radical (unpaired) electrons. The van der Waals surface area contributed by atoms with Crippen LogP contribution in [0.2, 0.25) is 0 Å². The molecule has 4 nitrogen and oxygen atoms in total. The number of halogens is 6. The summed E-state index contributed by atoms with van der Waals surface area (Å²) < 4.78 is 77.7. The Bertz CT molecular complexity index is 735. The molecular formula is C24H35F6N3O. The number of hydrogen-bond donors (Lipinski definition) is 3. The van der Waals surface area contributed by atoms with Gasteiger partial charge < -0.3 is 20.7 Å². The van der Waals surface area contributed by atoms with E-state index in [1.165, 1.54) is 6.42 Å². The number of hydrogen-bond acceptors (Lipinski definition) is 4. The molecule has 1 aliphatic carbocycles. The maximum Gasteiger partial charge on any atom is 0.416 e. The van der Waals surface area contributed by atoms with Gasteiger partial charge in [0, 0.05) is 24.3 Å². The van der Waals surface area contributed by atoms with Gasteiger partial charge in [-0.1, -0.05) is 13.5 Å². The first-order valence-electron chi connectivity index (χ1n) is 11.4. The zero-order valence-corrected chi connectivity index (χ0v) is 19.9. The van der Waals surface area contributed by atoms with E-state index in [9.17, 15) is 31.1 Å². The third kappa shape index (κ3) is 10.5. The molecule has 0 spiro atoms. The third-order valence-corrected chi connectivity index (χ3v) is 5.98.